The van der Waals surface area contributed by atoms with Crippen LogP contribution in [0.4, 0.5) is 11.4 Å². The fraction of sp³-hybridized carbons (Fsp3) is 0.188. The lowest BCUT2D eigenvalue weighted by Gasteiger charge is -2.13. The summed E-state index contributed by atoms with van der Waals surface area (Å²) >= 11 is 6.16. The maximum Gasteiger partial charge on any atom is 0.261 e. The van der Waals surface area contributed by atoms with E-state index in [1.54, 1.807) is 19.1 Å². The van der Waals surface area contributed by atoms with Gasteiger partial charge >= 0.3 is 0 Å². The number of hydrogen-bond acceptors (Lipinski definition) is 3. The average molecular weight is 351 g/mol. The molecule has 1 amide bonds. The number of rotatable bonds is 3. The van der Waals surface area contributed by atoms with Gasteiger partial charge in [-0.25, -0.2) is 8.42 Å². The number of anilines is 2. The molecule has 0 aliphatic carbocycles. The van der Waals surface area contributed by atoms with Crippen LogP contribution in [-0.4, -0.2) is 14.3 Å². The summed E-state index contributed by atoms with van der Waals surface area (Å²) in [6.45, 7) is 3.68. The van der Waals surface area contributed by atoms with Gasteiger partial charge in [0.15, 0.2) is 0 Å². The van der Waals surface area contributed by atoms with Gasteiger partial charge in [0.2, 0.25) is 5.91 Å². The summed E-state index contributed by atoms with van der Waals surface area (Å²) in [5.74, 6) is -0.139. The van der Waals surface area contributed by atoms with Gasteiger partial charge in [-0.1, -0.05) is 17.7 Å². The number of carbonyl (C=O) groups excluding carboxylic acids is 1. The predicted molar refractivity (Wildman–Crippen MR) is 90.5 cm³/mol. The Morgan fingerprint density at radius 3 is 2.61 bits per heavy atom. The molecule has 23 heavy (non-hydrogen) atoms. The van der Waals surface area contributed by atoms with Crippen molar-refractivity contribution in [2.24, 2.45) is 0 Å². The summed E-state index contributed by atoms with van der Waals surface area (Å²) < 4.78 is 27.7. The molecule has 3 rings (SSSR count). The van der Waals surface area contributed by atoms with Crippen molar-refractivity contribution >= 4 is 38.9 Å². The molecule has 0 saturated heterocycles. The van der Waals surface area contributed by atoms with Crippen LogP contribution in [0.5, 0.6) is 0 Å². The van der Waals surface area contributed by atoms with Crippen LogP contribution < -0.4 is 10.0 Å². The number of hydrogen-bond donors (Lipinski definition) is 2. The van der Waals surface area contributed by atoms with Crippen molar-refractivity contribution in [2.75, 3.05) is 10.0 Å². The molecule has 0 fully saturated rings. The van der Waals surface area contributed by atoms with E-state index in [4.69, 9.17) is 11.6 Å². The van der Waals surface area contributed by atoms with Crippen LogP contribution in [-0.2, 0) is 21.2 Å². The van der Waals surface area contributed by atoms with Crippen molar-refractivity contribution < 1.29 is 13.2 Å². The van der Waals surface area contributed by atoms with E-state index in [-0.39, 0.29) is 17.2 Å². The molecule has 120 valence electrons. The van der Waals surface area contributed by atoms with Gasteiger partial charge in [0.05, 0.1) is 22.0 Å². The lowest BCUT2D eigenvalue weighted by molar-refractivity contribution is -0.115. The van der Waals surface area contributed by atoms with Crippen molar-refractivity contribution in [1.29, 1.82) is 0 Å². The lowest BCUT2D eigenvalue weighted by atomic mass is 10.1. The number of aryl methyl sites for hydroxylation is 2. The summed E-state index contributed by atoms with van der Waals surface area (Å²) in [5, 5.41) is 3.03. The van der Waals surface area contributed by atoms with Crippen LogP contribution in [0.25, 0.3) is 0 Å². The molecule has 0 saturated carbocycles. The van der Waals surface area contributed by atoms with Crippen molar-refractivity contribution in [2.45, 2.75) is 25.2 Å². The number of amides is 1. The number of sulfonamides is 1. The molecule has 1 aliphatic heterocycles. The highest BCUT2D eigenvalue weighted by Gasteiger charge is 2.23. The first-order valence-electron chi connectivity index (χ1n) is 6.98. The maximum absolute atomic E-state index is 12.6. The zero-order valence-electron chi connectivity index (χ0n) is 12.6. The minimum absolute atomic E-state index is 0.101. The Kier molecular flexibility index (Phi) is 3.82. The molecule has 0 aromatic heterocycles. The monoisotopic (exact) mass is 350 g/mol. The predicted octanol–water partition coefficient (Wildman–Crippen LogP) is 3.25. The van der Waals surface area contributed by atoms with Gasteiger partial charge in [-0.15, -0.1) is 0 Å². The van der Waals surface area contributed by atoms with E-state index >= 15 is 0 Å². The Balaban J connectivity index is 1.98. The van der Waals surface area contributed by atoms with Crippen LogP contribution in [0.15, 0.2) is 35.2 Å². The zero-order chi connectivity index (χ0) is 16.8. The summed E-state index contributed by atoms with van der Waals surface area (Å²) in [6.07, 6.45) is 0.184. The standard InChI is InChI=1S/C16H15ClN2O3S/c1-9-5-10(2)16(13(17)6-9)19-23(21,22)12-3-4-14-11(7-12)8-15(20)18-14/h3-7,19H,8H2,1-2H3,(H,18,20). The summed E-state index contributed by atoms with van der Waals surface area (Å²) in [4.78, 5) is 11.5. The Labute approximate surface area is 139 Å². The van der Waals surface area contributed by atoms with Crippen LogP contribution in [0.2, 0.25) is 5.02 Å². The molecule has 0 bridgehead atoms. The molecule has 1 heterocycles. The van der Waals surface area contributed by atoms with Gasteiger partial charge in [0.25, 0.3) is 10.0 Å². The topological polar surface area (TPSA) is 75.3 Å². The first-order valence-corrected chi connectivity index (χ1v) is 8.85. The first-order chi connectivity index (χ1) is 10.8. The van der Waals surface area contributed by atoms with Crippen LogP contribution in [0, 0.1) is 13.8 Å². The molecule has 0 atom stereocenters. The van der Waals surface area contributed by atoms with Gasteiger partial charge in [0.1, 0.15) is 0 Å². The Morgan fingerprint density at radius 1 is 1.17 bits per heavy atom. The summed E-state index contributed by atoms with van der Waals surface area (Å²) in [7, 11) is -3.78. The number of benzene rings is 2. The van der Waals surface area contributed by atoms with E-state index in [1.807, 2.05) is 13.0 Å². The Bertz CT molecular complexity index is 900. The molecule has 7 heteroatoms. The second-order valence-electron chi connectivity index (χ2n) is 5.59. The molecular weight excluding hydrogens is 336 g/mol. The zero-order valence-corrected chi connectivity index (χ0v) is 14.2. The second-order valence-corrected chi connectivity index (χ2v) is 7.68. The third-order valence-corrected chi connectivity index (χ3v) is 5.33. The van der Waals surface area contributed by atoms with E-state index in [1.165, 1.54) is 12.1 Å². The molecule has 0 radical (unpaired) electrons. The number of carbonyl (C=O) groups is 1. The first kappa shape index (κ1) is 15.8. The van der Waals surface area contributed by atoms with E-state index in [2.05, 4.69) is 10.0 Å². The van der Waals surface area contributed by atoms with Crippen LogP contribution in [0.1, 0.15) is 16.7 Å². The molecular formula is C16H15ClN2O3S. The van der Waals surface area contributed by atoms with Crippen molar-refractivity contribution in [3.8, 4) is 0 Å². The summed E-state index contributed by atoms with van der Waals surface area (Å²) in [5.41, 5.74) is 3.39. The summed E-state index contributed by atoms with van der Waals surface area (Å²) in [6, 6.07) is 8.13. The Morgan fingerprint density at radius 2 is 1.91 bits per heavy atom. The second kappa shape index (κ2) is 5.54. The molecule has 5 nitrogen and oxygen atoms in total. The third-order valence-electron chi connectivity index (χ3n) is 3.68. The highest BCUT2D eigenvalue weighted by molar-refractivity contribution is 7.92. The van der Waals surface area contributed by atoms with Gasteiger partial charge < -0.3 is 5.32 Å². The van der Waals surface area contributed by atoms with Crippen molar-refractivity contribution in [3.63, 3.8) is 0 Å². The minimum atomic E-state index is -3.78. The molecule has 2 aromatic carbocycles. The molecule has 1 aliphatic rings. The van der Waals surface area contributed by atoms with Gasteiger partial charge in [-0.05, 0) is 54.8 Å². The SMILES string of the molecule is Cc1cc(C)c(NS(=O)(=O)c2ccc3c(c2)CC(=O)N3)c(Cl)c1. The van der Waals surface area contributed by atoms with Crippen LogP contribution >= 0.6 is 11.6 Å². The van der Waals surface area contributed by atoms with Gasteiger partial charge in [-0.2, -0.15) is 0 Å². The Hall–Kier alpha value is -2.05. The van der Waals surface area contributed by atoms with E-state index in [0.717, 1.165) is 11.1 Å². The lowest BCUT2D eigenvalue weighted by Crippen LogP contribution is -2.14. The minimum Gasteiger partial charge on any atom is -0.326 e. The normalized spacial score (nSPS) is 13.6. The molecule has 2 N–H and O–H groups in total. The maximum atomic E-state index is 12.6. The van der Waals surface area contributed by atoms with Crippen LogP contribution in [0.3, 0.4) is 0 Å². The van der Waals surface area contributed by atoms with E-state index in [0.29, 0.717) is 22.0 Å². The number of nitrogens with one attached hydrogen (secondary N) is 2. The number of halogens is 1. The highest BCUT2D eigenvalue weighted by atomic mass is 35.5. The van der Waals surface area contributed by atoms with Crippen molar-refractivity contribution in [1.82, 2.24) is 0 Å². The largest absolute Gasteiger partial charge is 0.326 e. The number of fused-ring (bicyclic) bond motifs is 1. The fourth-order valence-electron chi connectivity index (χ4n) is 2.61. The molecule has 0 unspecified atom stereocenters. The third kappa shape index (κ3) is 3.04. The molecule has 2 aromatic rings. The molecule has 0 spiro atoms. The highest BCUT2D eigenvalue weighted by Crippen LogP contribution is 2.31. The fourth-order valence-corrected chi connectivity index (χ4v) is 4.24. The van der Waals surface area contributed by atoms with Gasteiger partial charge in [0, 0.05) is 5.69 Å². The van der Waals surface area contributed by atoms with Crippen molar-refractivity contribution in [3.05, 3.63) is 52.0 Å². The van der Waals surface area contributed by atoms with Gasteiger partial charge in [-0.3, -0.25) is 9.52 Å². The quantitative estimate of drug-likeness (QED) is 0.892. The van der Waals surface area contributed by atoms with E-state index < -0.39 is 10.0 Å². The average Bonchev–Trinajstić information content (AvgIpc) is 2.82. The van der Waals surface area contributed by atoms with E-state index in [9.17, 15) is 13.2 Å². The smallest absolute Gasteiger partial charge is 0.261 e.